The molecule has 20 heavy (non-hydrogen) atoms. The maximum absolute atomic E-state index is 12.1. The topological polar surface area (TPSA) is 26.3 Å². The summed E-state index contributed by atoms with van der Waals surface area (Å²) in [6, 6.07) is 15.9. The Balaban J connectivity index is 2.52. The van der Waals surface area contributed by atoms with Crippen LogP contribution in [0.3, 0.4) is 0 Å². The predicted octanol–water partition coefficient (Wildman–Crippen LogP) is 4.47. The lowest BCUT2D eigenvalue weighted by molar-refractivity contribution is 0.0525. The second-order valence-electron chi connectivity index (χ2n) is 4.36. The van der Waals surface area contributed by atoms with Gasteiger partial charge >= 0.3 is 5.97 Å². The van der Waals surface area contributed by atoms with Crippen LogP contribution in [0.15, 0.2) is 48.5 Å². The van der Waals surface area contributed by atoms with Crippen LogP contribution in [0.2, 0.25) is 0 Å². The molecular weight excluding hydrogens is 316 g/mol. The molecule has 2 nitrogen and oxygen atoms in total. The zero-order chi connectivity index (χ0) is 14.4. The predicted molar refractivity (Wildman–Crippen MR) is 85.3 cm³/mol. The van der Waals surface area contributed by atoms with Crippen molar-refractivity contribution in [1.82, 2.24) is 0 Å². The summed E-state index contributed by atoms with van der Waals surface area (Å²) in [6.07, 6.45) is 0.791. The molecule has 0 N–H and O–H groups in total. The number of ether oxygens (including phenoxy) is 1. The van der Waals surface area contributed by atoms with Crippen LogP contribution >= 0.6 is 15.9 Å². The number of benzene rings is 2. The number of carbonyl (C=O) groups excluding carboxylic acids is 1. The summed E-state index contributed by atoms with van der Waals surface area (Å²) in [7, 11) is 0. The molecule has 0 saturated carbocycles. The molecule has 0 saturated heterocycles. The summed E-state index contributed by atoms with van der Waals surface area (Å²) in [5.74, 6) is -0.249. The van der Waals surface area contributed by atoms with Crippen LogP contribution in [0.4, 0.5) is 0 Å². The Labute approximate surface area is 127 Å². The molecule has 0 heterocycles. The van der Waals surface area contributed by atoms with Crippen molar-refractivity contribution in [1.29, 1.82) is 0 Å². The van der Waals surface area contributed by atoms with Crippen molar-refractivity contribution in [2.24, 2.45) is 0 Å². The quantitative estimate of drug-likeness (QED) is 0.596. The van der Waals surface area contributed by atoms with E-state index in [9.17, 15) is 4.79 Å². The molecule has 0 fully saturated rings. The minimum Gasteiger partial charge on any atom is -0.462 e. The van der Waals surface area contributed by atoms with Crippen molar-refractivity contribution in [3.63, 3.8) is 0 Å². The molecule has 104 valence electrons. The fraction of sp³-hybridized carbons (Fsp3) is 0.235. The fourth-order valence-electron chi connectivity index (χ4n) is 2.24. The van der Waals surface area contributed by atoms with Gasteiger partial charge in [-0.1, -0.05) is 58.4 Å². The zero-order valence-electron chi connectivity index (χ0n) is 11.4. The van der Waals surface area contributed by atoms with Crippen molar-refractivity contribution in [2.45, 2.75) is 13.3 Å². The highest BCUT2D eigenvalue weighted by molar-refractivity contribution is 9.09. The first kappa shape index (κ1) is 14.8. The minimum absolute atomic E-state index is 0.249. The Morgan fingerprint density at radius 2 is 1.85 bits per heavy atom. The van der Waals surface area contributed by atoms with E-state index in [2.05, 4.69) is 34.1 Å². The van der Waals surface area contributed by atoms with Crippen LogP contribution in [-0.2, 0) is 11.2 Å². The fourth-order valence-corrected chi connectivity index (χ4v) is 2.64. The van der Waals surface area contributed by atoms with Crippen LogP contribution in [0.5, 0.6) is 0 Å². The SMILES string of the molecule is CCOC(=O)c1cccc(-c2ccccc2)c1CCBr. The molecule has 0 aliphatic heterocycles. The van der Waals surface area contributed by atoms with Crippen molar-refractivity contribution in [2.75, 3.05) is 11.9 Å². The number of esters is 1. The third-order valence-electron chi connectivity index (χ3n) is 3.10. The number of hydrogen-bond acceptors (Lipinski definition) is 2. The van der Waals surface area contributed by atoms with E-state index in [1.54, 1.807) is 0 Å². The summed E-state index contributed by atoms with van der Waals surface area (Å²) in [5, 5.41) is 0.809. The Morgan fingerprint density at radius 3 is 2.50 bits per heavy atom. The molecule has 0 aliphatic carbocycles. The van der Waals surface area contributed by atoms with Gasteiger partial charge in [-0.05, 0) is 36.1 Å². The number of halogens is 1. The van der Waals surface area contributed by atoms with Gasteiger partial charge in [0.1, 0.15) is 0 Å². The minimum atomic E-state index is -0.249. The van der Waals surface area contributed by atoms with Gasteiger partial charge < -0.3 is 4.74 Å². The molecule has 0 aromatic heterocycles. The third kappa shape index (κ3) is 3.28. The van der Waals surface area contributed by atoms with Gasteiger partial charge in [0, 0.05) is 5.33 Å². The van der Waals surface area contributed by atoms with Gasteiger partial charge in [-0.3, -0.25) is 0 Å². The van der Waals surface area contributed by atoms with E-state index in [4.69, 9.17) is 4.74 Å². The van der Waals surface area contributed by atoms with Crippen LogP contribution in [0.1, 0.15) is 22.8 Å². The molecular formula is C17H17BrO2. The Hall–Kier alpha value is -1.61. The molecule has 2 rings (SSSR count). The van der Waals surface area contributed by atoms with E-state index in [-0.39, 0.29) is 5.97 Å². The first-order valence-electron chi connectivity index (χ1n) is 6.68. The highest BCUT2D eigenvalue weighted by atomic mass is 79.9. The van der Waals surface area contributed by atoms with Crippen LogP contribution < -0.4 is 0 Å². The molecule has 0 amide bonds. The maximum Gasteiger partial charge on any atom is 0.338 e. The Bertz CT molecular complexity index is 579. The first-order valence-corrected chi connectivity index (χ1v) is 7.80. The summed E-state index contributed by atoms with van der Waals surface area (Å²) in [5.41, 5.74) is 3.91. The third-order valence-corrected chi connectivity index (χ3v) is 3.50. The largest absolute Gasteiger partial charge is 0.462 e. The summed E-state index contributed by atoms with van der Waals surface area (Å²) in [6.45, 7) is 2.21. The summed E-state index contributed by atoms with van der Waals surface area (Å²) >= 11 is 3.46. The molecule has 0 bridgehead atoms. The van der Waals surface area contributed by atoms with Crippen molar-refractivity contribution in [3.05, 3.63) is 59.7 Å². The molecule has 0 aliphatic rings. The first-order chi connectivity index (χ1) is 9.77. The van der Waals surface area contributed by atoms with Gasteiger partial charge in [-0.2, -0.15) is 0 Å². The van der Waals surface area contributed by atoms with Gasteiger partial charge in [0.15, 0.2) is 0 Å². The molecule has 0 radical (unpaired) electrons. The average Bonchev–Trinajstić information content (AvgIpc) is 2.49. The van der Waals surface area contributed by atoms with Gasteiger partial charge in [-0.25, -0.2) is 4.79 Å². The van der Waals surface area contributed by atoms with E-state index < -0.39 is 0 Å². The summed E-state index contributed by atoms with van der Waals surface area (Å²) < 4.78 is 5.15. The normalized spacial score (nSPS) is 10.3. The number of alkyl halides is 1. The van der Waals surface area contributed by atoms with E-state index in [1.807, 2.05) is 37.3 Å². The molecule has 3 heteroatoms. The molecule has 2 aromatic carbocycles. The van der Waals surface area contributed by atoms with Gasteiger partial charge in [0.2, 0.25) is 0 Å². The van der Waals surface area contributed by atoms with Gasteiger partial charge in [-0.15, -0.1) is 0 Å². The lowest BCUT2D eigenvalue weighted by atomic mass is 9.94. The average molecular weight is 333 g/mol. The zero-order valence-corrected chi connectivity index (χ0v) is 13.0. The molecule has 2 aromatic rings. The van der Waals surface area contributed by atoms with E-state index >= 15 is 0 Å². The smallest absolute Gasteiger partial charge is 0.338 e. The highest BCUT2D eigenvalue weighted by Crippen LogP contribution is 2.27. The van der Waals surface area contributed by atoms with Crippen molar-refractivity contribution < 1.29 is 9.53 Å². The number of hydrogen-bond donors (Lipinski definition) is 0. The maximum atomic E-state index is 12.1. The van der Waals surface area contributed by atoms with Crippen LogP contribution in [-0.4, -0.2) is 17.9 Å². The monoisotopic (exact) mass is 332 g/mol. The second kappa shape index (κ2) is 7.25. The summed E-state index contributed by atoms with van der Waals surface area (Å²) in [4.78, 5) is 12.1. The lowest BCUT2D eigenvalue weighted by Gasteiger charge is -2.13. The van der Waals surface area contributed by atoms with Gasteiger partial charge in [0.25, 0.3) is 0 Å². The molecule has 0 unspecified atom stereocenters. The van der Waals surface area contributed by atoms with Gasteiger partial charge in [0.05, 0.1) is 12.2 Å². The van der Waals surface area contributed by atoms with Crippen LogP contribution in [0, 0.1) is 0 Å². The highest BCUT2D eigenvalue weighted by Gasteiger charge is 2.16. The van der Waals surface area contributed by atoms with E-state index in [0.29, 0.717) is 12.2 Å². The second-order valence-corrected chi connectivity index (χ2v) is 5.15. The van der Waals surface area contributed by atoms with Crippen LogP contribution in [0.25, 0.3) is 11.1 Å². The van der Waals surface area contributed by atoms with Crippen molar-refractivity contribution >= 4 is 21.9 Å². The standard InChI is InChI=1S/C17H17BrO2/c1-2-20-17(19)16-10-6-9-14(15(16)11-12-18)13-7-4-3-5-8-13/h3-10H,2,11-12H2,1H3. The molecule has 0 spiro atoms. The van der Waals surface area contributed by atoms with E-state index in [0.717, 1.165) is 28.4 Å². The number of rotatable bonds is 5. The van der Waals surface area contributed by atoms with E-state index in [1.165, 1.54) is 0 Å². The lowest BCUT2D eigenvalue weighted by Crippen LogP contribution is -2.09. The Morgan fingerprint density at radius 1 is 1.10 bits per heavy atom. The van der Waals surface area contributed by atoms with Crippen molar-refractivity contribution in [3.8, 4) is 11.1 Å². The number of carbonyl (C=O) groups is 1. The molecule has 0 atom stereocenters. The Kier molecular flexibility index (Phi) is 5.36.